The molecule has 4 rings (SSSR count). The fourth-order valence-corrected chi connectivity index (χ4v) is 6.13. The van der Waals surface area contributed by atoms with E-state index in [1.807, 2.05) is 0 Å². The van der Waals surface area contributed by atoms with E-state index in [4.69, 9.17) is 11.5 Å². The van der Waals surface area contributed by atoms with Crippen molar-refractivity contribution in [1.29, 1.82) is 0 Å². The molecule has 0 saturated carbocycles. The summed E-state index contributed by atoms with van der Waals surface area (Å²) in [5.41, 5.74) is 10.7. The minimum Gasteiger partial charge on any atom is -0.477 e. The van der Waals surface area contributed by atoms with Crippen molar-refractivity contribution in [3.05, 3.63) is 58.4 Å². The van der Waals surface area contributed by atoms with Gasteiger partial charge in [-0.3, -0.25) is 19.3 Å². The minimum atomic E-state index is -1.27. The first kappa shape index (κ1) is 26.2. The molecule has 2 atom stereocenters. The van der Waals surface area contributed by atoms with Crippen molar-refractivity contribution in [3.63, 3.8) is 0 Å². The average molecular weight is 563 g/mol. The van der Waals surface area contributed by atoms with Gasteiger partial charge in [-0.05, 0) is 17.1 Å². The number of oxime groups is 1. The number of anilines is 1. The molecular weight excluding hydrogens is 542 g/mol. The van der Waals surface area contributed by atoms with Gasteiger partial charge in [0, 0.05) is 28.2 Å². The fourth-order valence-electron chi connectivity index (χ4n) is 3.59. The number of carboxylic acids is 1. The summed E-state index contributed by atoms with van der Waals surface area (Å²) in [5.74, 6) is -2.87. The maximum absolute atomic E-state index is 12.8. The highest BCUT2D eigenvalue weighted by Gasteiger charge is 2.54. The Bertz CT molecular complexity index is 1350. The Hall–Kier alpha value is -3.89. The number of allylic oxidation sites excluding steroid dienone is 1. The van der Waals surface area contributed by atoms with Crippen molar-refractivity contribution in [1.82, 2.24) is 15.2 Å². The number of aliphatic carboxylic acids is 1. The van der Waals surface area contributed by atoms with Gasteiger partial charge < -0.3 is 27.1 Å². The molecule has 0 unspecified atom stereocenters. The van der Waals surface area contributed by atoms with Crippen molar-refractivity contribution < 1.29 is 34.1 Å². The number of nitrogen functional groups attached to an aromatic ring is 1. The molecule has 37 heavy (non-hydrogen) atoms. The zero-order valence-electron chi connectivity index (χ0n) is 18.8. The lowest BCUT2D eigenvalue weighted by Gasteiger charge is -2.49. The monoisotopic (exact) mass is 562 g/mol. The van der Waals surface area contributed by atoms with Crippen LogP contribution in [0, 0.1) is 0 Å². The highest BCUT2D eigenvalue weighted by Crippen LogP contribution is 2.41. The van der Waals surface area contributed by atoms with Crippen LogP contribution in [-0.4, -0.2) is 66.8 Å². The second kappa shape index (κ2) is 11.0. The Morgan fingerprint density at radius 3 is 2.68 bits per heavy atom. The van der Waals surface area contributed by atoms with E-state index in [-0.39, 0.29) is 28.8 Å². The number of nitrogens with zero attached hydrogens (tertiary/aromatic N) is 4. The minimum absolute atomic E-state index is 0.0552. The van der Waals surface area contributed by atoms with E-state index in [2.05, 4.69) is 15.5 Å². The molecule has 4 heterocycles. The first-order chi connectivity index (χ1) is 17.7. The van der Waals surface area contributed by atoms with Crippen molar-refractivity contribution in [2.24, 2.45) is 10.9 Å². The Morgan fingerprint density at radius 1 is 1.35 bits per heavy atom. The first-order valence-electron chi connectivity index (χ1n) is 10.5. The molecule has 192 valence electrons. The average Bonchev–Trinajstić information content (AvgIpc) is 3.28. The molecule has 2 aromatic heterocycles. The summed E-state index contributed by atoms with van der Waals surface area (Å²) in [6.45, 7) is 0.0625. The van der Waals surface area contributed by atoms with Gasteiger partial charge in [-0.2, -0.15) is 4.57 Å². The van der Waals surface area contributed by atoms with Crippen LogP contribution in [0.3, 0.4) is 0 Å². The van der Waals surface area contributed by atoms with Gasteiger partial charge in [-0.15, -0.1) is 23.1 Å². The highest BCUT2D eigenvalue weighted by molar-refractivity contribution is 8.02. The smallest absolute Gasteiger partial charge is 0.352 e. The zero-order chi connectivity index (χ0) is 26.7. The summed E-state index contributed by atoms with van der Waals surface area (Å²) in [4.78, 5) is 54.4. The molecule has 1 saturated heterocycles. The van der Waals surface area contributed by atoms with Crippen molar-refractivity contribution in [2.75, 3.05) is 11.5 Å². The van der Waals surface area contributed by atoms with Gasteiger partial charge in [0.2, 0.25) is 6.54 Å². The summed E-state index contributed by atoms with van der Waals surface area (Å²) in [6.07, 6.45) is 5.03. The summed E-state index contributed by atoms with van der Waals surface area (Å²) in [6, 6.07) is 2.56. The first-order valence-corrected chi connectivity index (χ1v) is 13.3. The number of β-lactam (4-membered cyclic amide) rings is 1. The number of pyridine rings is 1. The van der Waals surface area contributed by atoms with Crippen LogP contribution in [0.5, 0.6) is 0 Å². The molecule has 7 N–H and O–H groups in total. The van der Waals surface area contributed by atoms with Crippen molar-refractivity contribution in [2.45, 2.75) is 22.9 Å². The van der Waals surface area contributed by atoms with Gasteiger partial charge in [-0.1, -0.05) is 16.9 Å². The van der Waals surface area contributed by atoms with E-state index < -0.39 is 40.8 Å². The zero-order valence-corrected chi connectivity index (χ0v) is 21.3. The standard InChI is InChI=1S/C21H19N7O6S3/c22-13(29)7-27-4-1-11(2-5-27)35-6-3-10-8-36-19-15(18(31)28(19)16(10)20(32)33)25-17(30)14(26-34)12-9-37-21(23)24-12/h1-6,9,15,19H,7-8H2,(H6-,22,23,24,25,29,30,32,33,34)/p+1/b6-3+/t15-,19-/m1/s1. The topological polar surface area (TPSA) is 205 Å². The molecule has 2 aliphatic heterocycles. The molecule has 0 bridgehead atoms. The van der Waals surface area contributed by atoms with Gasteiger partial charge >= 0.3 is 5.97 Å². The van der Waals surface area contributed by atoms with Crippen molar-refractivity contribution in [3.8, 4) is 0 Å². The largest absolute Gasteiger partial charge is 0.477 e. The third-order valence-corrected chi connectivity index (χ3v) is 8.03. The number of carboxylic acid groups (broad SMARTS) is 1. The summed E-state index contributed by atoms with van der Waals surface area (Å²) < 4.78 is 1.63. The number of thioether (sulfide) groups is 2. The quantitative estimate of drug-likeness (QED) is 0.0675. The van der Waals surface area contributed by atoms with Crippen LogP contribution >= 0.6 is 34.9 Å². The Kier molecular flexibility index (Phi) is 7.80. The number of carbonyl (C=O) groups is 4. The van der Waals surface area contributed by atoms with Crippen LogP contribution in [0.15, 0.2) is 62.7 Å². The molecular formula is C21H20N7O6S3+. The van der Waals surface area contributed by atoms with Gasteiger partial charge in [-0.25, -0.2) is 9.78 Å². The molecule has 2 aliphatic rings. The number of nitrogens with one attached hydrogen (secondary N) is 1. The van der Waals surface area contributed by atoms with Crippen LogP contribution in [0.1, 0.15) is 5.69 Å². The highest BCUT2D eigenvalue weighted by atomic mass is 32.2. The van der Waals surface area contributed by atoms with Crippen LogP contribution in [0.4, 0.5) is 5.13 Å². The lowest BCUT2D eigenvalue weighted by Crippen LogP contribution is -2.71. The number of primary amides is 1. The second-order valence-corrected chi connectivity index (χ2v) is 10.6. The van der Waals surface area contributed by atoms with Crippen LogP contribution in [0.25, 0.3) is 0 Å². The molecule has 0 radical (unpaired) electrons. The van der Waals surface area contributed by atoms with Crippen molar-refractivity contribution >= 4 is 69.4 Å². The number of fused-ring (bicyclic) bond motifs is 1. The molecule has 0 spiro atoms. The number of aromatic nitrogens is 2. The fraction of sp³-hybridized carbons (Fsp3) is 0.190. The molecule has 0 aliphatic carbocycles. The SMILES string of the molecule is NC(=O)C[n+]1ccc(S/C=C/C2=C(C(=O)O)N3C(=O)[C@@H](NC(=O)/C(=N\O)c4csc(N)n4)[C@H]3SC2)cc1. The van der Waals surface area contributed by atoms with Gasteiger partial charge in [0.05, 0.1) is 0 Å². The summed E-state index contributed by atoms with van der Waals surface area (Å²) >= 11 is 3.68. The number of hydrogen-bond acceptors (Lipinski definition) is 11. The Morgan fingerprint density at radius 2 is 2.08 bits per heavy atom. The van der Waals surface area contributed by atoms with Crippen LogP contribution < -0.4 is 21.4 Å². The molecule has 1 fully saturated rings. The third kappa shape index (κ3) is 5.60. The molecule has 0 aromatic carbocycles. The van der Waals surface area contributed by atoms with E-state index in [0.29, 0.717) is 5.57 Å². The number of thiazole rings is 1. The van der Waals surface area contributed by atoms with Gasteiger partial charge in [0.25, 0.3) is 17.7 Å². The number of carbonyl (C=O) groups excluding carboxylic acids is 3. The summed E-state index contributed by atoms with van der Waals surface area (Å²) in [7, 11) is 0. The van der Waals surface area contributed by atoms with E-state index in [1.54, 1.807) is 40.6 Å². The number of hydrogen-bond donors (Lipinski definition) is 5. The number of rotatable bonds is 9. The third-order valence-electron chi connectivity index (χ3n) is 5.24. The van der Waals surface area contributed by atoms with E-state index in [9.17, 15) is 29.5 Å². The van der Waals surface area contributed by atoms with Crippen LogP contribution in [-0.2, 0) is 25.7 Å². The number of nitrogens with two attached hydrogens (primary N) is 2. The lowest BCUT2D eigenvalue weighted by molar-refractivity contribution is -0.684. The Labute approximate surface area is 221 Å². The van der Waals surface area contributed by atoms with Gasteiger partial charge in [0.1, 0.15) is 22.8 Å². The predicted molar refractivity (Wildman–Crippen MR) is 135 cm³/mol. The maximum atomic E-state index is 12.8. The molecule has 13 nitrogen and oxygen atoms in total. The lowest BCUT2D eigenvalue weighted by atomic mass is 10.0. The number of amides is 3. The van der Waals surface area contributed by atoms with E-state index in [0.717, 1.165) is 21.1 Å². The molecule has 16 heteroatoms. The second-order valence-electron chi connectivity index (χ2n) is 7.65. The molecule has 2 aromatic rings. The summed E-state index contributed by atoms with van der Waals surface area (Å²) in [5, 5.41) is 27.2. The van der Waals surface area contributed by atoms with E-state index >= 15 is 0 Å². The van der Waals surface area contributed by atoms with E-state index in [1.165, 1.54) is 28.9 Å². The predicted octanol–water partition coefficient (Wildman–Crippen LogP) is -0.279. The normalized spacial score (nSPS) is 19.5. The van der Waals surface area contributed by atoms with Gasteiger partial charge in [0.15, 0.2) is 23.2 Å². The van der Waals surface area contributed by atoms with Crippen LogP contribution in [0.2, 0.25) is 0 Å². The molecule has 3 amide bonds. The maximum Gasteiger partial charge on any atom is 0.352 e. The Balaban J connectivity index is 1.44.